The lowest BCUT2D eigenvalue weighted by Gasteiger charge is -2.28. The summed E-state index contributed by atoms with van der Waals surface area (Å²) in [6.07, 6.45) is 0. The van der Waals surface area contributed by atoms with Crippen LogP contribution in [-0.2, 0) is 0 Å². The summed E-state index contributed by atoms with van der Waals surface area (Å²) in [7, 11) is 1.95. The molecule has 94 valence electrons. The van der Waals surface area contributed by atoms with Gasteiger partial charge in [0.2, 0.25) is 6.79 Å². The molecule has 0 amide bonds. The van der Waals surface area contributed by atoms with Crippen molar-refractivity contribution in [2.75, 3.05) is 25.7 Å². The van der Waals surface area contributed by atoms with Gasteiger partial charge in [-0.1, -0.05) is 0 Å². The van der Waals surface area contributed by atoms with Crippen molar-refractivity contribution in [3.8, 4) is 11.5 Å². The fourth-order valence-electron chi connectivity index (χ4n) is 2.03. The number of anilines is 1. The van der Waals surface area contributed by atoms with Gasteiger partial charge in [-0.05, 0) is 39.4 Å². The molecule has 1 aromatic carbocycles. The van der Waals surface area contributed by atoms with Crippen molar-refractivity contribution in [2.24, 2.45) is 0 Å². The summed E-state index contributed by atoms with van der Waals surface area (Å²) in [5, 5.41) is 6.70. The molecule has 4 heteroatoms. The van der Waals surface area contributed by atoms with Gasteiger partial charge in [0.1, 0.15) is 0 Å². The Kier molecular flexibility index (Phi) is 3.15. The van der Waals surface area contributed by atoms with Crippen LogP contribution in [0, 0.1) is 6.92 Å². The molecule has 2 rings (SSSR count). The summed E-state index contributed by atoms with van der Waals surface area (Å²) in [5.41, 5.74) is 2.25. The maximum Gasteiger partial charge on any atom is 0.231 e. The van der Waals surface area contributed by atoms with E-state index in [-0.39, 0.29) is 5.54 Å². The van der Waals surface area contributed by atoms with Gasteiger partial charge in [-0.3, -0.25) is 0 Å². The first-order valence-electron chi connectivity index (χ1n) is 5.85. The summed E-state index contributed by atoms with van der Waals surface area (Å²) in [4.78, 5) is 0. The predicted molar refractivity (Wildman–Crippen MR) is 68.9 cm³/mol. The van der Waals surface area contributed by atoms with Crippen molar-refractivity contribution in [3.63, 3.8) is 0 Å². The Balaban J connectivity index is 2.21. The maximum atomic E-state index is 5.39. The highest BCUT2D eigenvalue weighted by molar-refractivity contribution is 5.61. The van der Waals surface area contributed by atoms with Crippen LogP contribution in [0.4, 0.5) is 5.69 Å². The predicted octanol–water partition coefficient (Wildman–Crippen LogP) is 2.13. The van der Waals surface area contributed by atoms with Crippen LogP contribution in [-0.4, -0.2) is 25.9 Å². The Labute approximate surface area is 102 Å². The van der Waals surface area contributed by atoms with E-state index in [0.717, 1.165) is 23.7 Å². The first-order valence-corrected chi connectivity index (χ1v) is 5.85. The smallest absolute Gasteiger partial charge is 0.231 e. The van der Waals surface area contributed by atoms with Crippen LogP contribution in [0.5, 0.6) is 11.5 Å². The molecule has 4 nitrogen and oxygen atoms in total. The zero-order valence-corrected chi connectivity index (χ0v) is 10.9. The minimum absolute atomic E-state index is 0.00674. The van der Waals surface area contributed by atoms with E-state index in [4.69, 9.17) is 9.47 Å². The topological polar surface area (TPSA) is 42.5 Å². The van der Waals surface area contributed by atoms with E-state index in [2.05, 4.69) is 31.4 Å². The molecule has 0 bridgehead atoms. The van der Waals surface area contributed by atoms with Crippen LogP contribution in [0.3, 0.4) is 0 Å². The number of hydrogen-bond donors (Lipinski definition) is 2. The Morgan fingerprint density at radius 3 is 2.53 bits per heavy atom. The average molecular weight is 236 g/mol. The molecule has 0 saturated heterocycles. The fourth-order valence-corrected chi connectivity index (χ4v) is 2.03. The van der Waals surface area contributed by atoms with Crippen LogP contribution >= 0.6 is 0 Å². The van der Waals surface area contributed by atoms with E-state index in [0.29, 0.717) is 6.79 Å². The molecule has 0 unspecified atom stereocenters. The summed E-state index contributed by atoms with van der Waals surface area (Å²) in [6.45, 7) is 7.60. The first-order chi connectivity index (χ1) is 8.02. The zero-order chi connectivity index (χ0) is 12.5. The number of aryl methyl sites for hydroxylation is 1. The zero-order valence-electron chi connectivity index (χ0n) is 10.9. The lowest BCUT2D eigenvalue weighted by molar-refractivity contribution is 0.174. The van der Waals surface area contributed by atoms with Gasteiger partial charge in [-0.15, -0.1) is 0 Å². The average Bonchev–Trinajstić information content (AvgIpc) is 2.64. The first kappa shape index (κ1) is 12.0. The molecule has 0 spiro atoms. The van der Waals surface area contributed by atoms with Gasteiger partial charge in [-0.2, -0.15) is 0 Å². The lowest BCUT2D eigenvalue weighted by Crippen LogP contribution is -2.40. The summed E-state index contributed by atoms with van der Waals surface area (Å²) < 4.78 is 10.7. The molecule has 1 aliphatic heterocycles. The second kappa shape index (κ2) is 4.45. The van der Waals surface area contributed by atoms with Gasteiger partial charge >= 0.3 is 0 Å². The van der Waals surface area contributed by atoms with Gasteiger partial charge < -0.3 is 20.1 Å². The number of nitrogens with one attached hydrogen (secondary N) is 2. The molecule has 1 aliphatic rings. The summed E-state index contributed by atoms with van der Waals surface area (Å²) >= 11 is 0. The van der Waals surface area contributed by atoms with Gasteiger partial charge in [0.05, 0.1) is 0 Å². The number of fused-ring (bicyclic) bond motifs is 1. The van der Waals surface area contributed by atoms with Crippen LogP contribution in [0.2, 0.25) is 0 Å². The SMILES string of the molecule is CNCC(C)(C)Nc1cc2c(cc1C)OCO2. The van der Waals surface area contributed by atoms with Crippen molar-refractivity contribution in [1.29, 1.82) is 0 Å². The van der Waals surface area contributed by atoms with Crippen LogP contribution in [0.1, 0.15) is 19.4 Å². The van der Waals surface area contributed by atoms with Crippen molar-refractivity contribution in [1.82, 2.24) is 5.32 Å². The normalized spacial score (nSPS) is 13.9. The molecule has 0 radical (unpaired) electrons. The van der Waals surface area contributed by atoms with E-state index >= 15 is 0 Å². The Hall–Kier alpha value is -1.42. The maximum absolute atomic E-state index is 5.39. The van der Waals surface area contributed by atoms with Crippen molar-refractivity contribution >= 4 is 5.69 Å². The number of likely N-dealkylation sites (N-methyl/N-ethyl adjacent to an activating group) is 1. The van der Waals surface area contributed by atoms with Crippen LogP contribution < -0.4 is 20.1 Å². The molecule has 0 fully saturated rings. The third kappa shape index (κ3) is 2.64. The molecule has 0 saturated carbocycles. The number of rotatable bonds is 4. The van der Waals surface area contributed by atoms with E-state index < -0.39 is 0 Å². The molecule has 0 atom stereocenters. The highest BCUT2D eigenvalue weighted by atomic mass is 16.7. The monoisotopic (exact) mass is 236 g/mol. The molecule has 2 N–H and O–H groups in total. The van der Waals surface area contributed by atoms with Crippen molar-refractivity contribution in [3.05, 3.63) is 17.7 Å². The highest BCUT2D eigenvalue weighted by Crippen LogP contribution is 2.37. The second-order valence-corrected chi connectivity index (χ2v) is 5.06. The van der Waals surface area contributed by atoms with Gasteiger partial charge in [0.25, 0.3) is 0 Å². The molecular weight excluding hydrogens is 216 g/mol. The van der Waals surface area contributed by atoms with Gasteiger partial charge in [0.15, 0.2) is 11.5 Å². The van der Waals surface area contributed by atoms with E-state index in [9.17, 15) is 0 Å². The third-order valence-corrected chi connectivity index (χ3v) is 2.81. The third-order valence-electron chi connectivity index (χ3n) is 2.81. The van der Waals surface area contributed by atoms with Crippen molar-refractivity contribution in [2.45, 2.75) is 26.3 Å². The second-order valence-electron chi connectivity index (χ2n) is 5.06. The molecule has 1 aromatic rings. The molecule has 0 aromatic heterocycles. The Bertz CT molecular complexity index is 416. The Morgan fingerprint density at radius 1 is 1.24 bits per heavy atom. The largest absolute Gasteiger partial charge is 0.454 e. The van der Waals surface area contributed by atoms with Crippen LogP contribution in [0.15, 0.2) is 12.1 Å². The van der Waals surface area contributed by atoms with E-state index in [1.807, 2.05) is 19.2 Å². The quantitative estimate of drug-likeness (QED) is 0.840. The Morgan fingerprint density at radius 2 is 1.88 bits per heavy atom. The molecular formula is C13H20N2O2. The molecule has 0 aliphatic carbocycles. The molecule has 17 heavy (non-hydrogen) atoms. The van der Waals surface area contributed by atoms with E-state index in [1.54, 1.807) is 0 Å². The summed E-state index contributed by atoms with van der Waals surface area (Å²) in [5.74, 6) is 1.65. The van der Waals surface area contributed by atoms with Crippen molar-refractivity contribution < 1.29 is 9.47 Å². The fraction of sp³-hybridized carbons (Fsp3) is 0.538. The van der Waals surface area contributed by atoms with Gasteiger partial charge in [-0.25, -0.2) is 0 Å². The standard InChI is InChI=1S/C13H20N2O2/c1-9-5-11-12(17-8-16-11)6-10(9)15-13(2,3)7-14-4/h5-6,14-15H,7-8H2,1-4H3. The minimum atomic E-state index is -0.00674. The number of ether oxygens (including phenoxy) is 2. The van der Waals surface area contributed by atoms with E-state index in [1.165, 1.54) is 5.56 Å². The van der Waals surface area contributed by atoms with Gasteiger partial charge in [0, 0.05) is 23.8 Å². The molecule has 1 heterocycles. The van der Waals surface area contributed by atoms with Crippen LogP contribution in [0.25, 0.3) is 0 Å². The highest BCUT2D eigenvalue weighted by Gasteiger charge is 2.20. The lowest BCUT2D eigenvalue weighted by atomic mass is 10.0. The number of benzene rings is 1. The number of hydrogen-bond acceptors (Lipinski definition) is 4. The minimum Gasteiger partial charge on any atom is -0.454 e. The summed E-state index contributed by atoms with van der Waals surface area (Å²) in [6, 6.07) is 4.02.